The van der Waals surface area contributed by atoms with E-state index in [1.54, 1.807) is 0 Å². The van der Waals surface area contributed by atoms with Gasteiger partial charge in [0.1, 0.15) is 0 Å². The van der Waals surface area contributed by atoms with Crippen LogP contribution < -0.4 is 0 Å². The standard InChI is InChI=1S/C11H12F3NO/c1-15-9(8-5-3-2-4-6-8)7-10(16-15)11(12,13)14/h2-6,9-10H,7H2,1H3/t9-,10+/m1/s1. The van der Waals surface area contributed by atoms with Crippen LogP contribution in [-0.2, 0) is 4.84 Å². The molecule has 2 atom stereocenters. The van der Waals surface area contributed by atoms with Gasteiger partial charge in [-0.2, -0.15) is 18.2 Å². The van der Waals surface area contributed by atoms with Crippen molar-refractivity contribution in [1.29, 1.82) is 0 Å². The summed E-state index contributed by atoms with van der Waals surface area (Å²) in [5.74, 6) is 0. The van der Waals surface area contributed by atoms with Crippen LogP contribution >= 0.6 is 0 Å². The van der Waals surface area contributed by atoms with Crippen LogP contribution in [0.1, 0.15) is 18.0 Å². The molecule has 0 aliphatic carbocycles. The molecule has 0 saturated carbocycles. The van der Waals surface area contributed by atoms with Gasteiger partial charge in [-0.15, -0.1) is 0 Å². The van der Waals surface area contributed by atoms with Gasteiger partial charge in [-0.1, -0.05) is 30.3 Å². The molecule has 2 rings (SSSR count). The van der Waals surface area contributed by atoms with Crippen molar-refractivity contribution >= 4 is 0 Å². The first-order chi connectivity index (χ1) is 7.48. The van der Waals surface area contributed by atoms with Crippen LogP contribution in [0.4, 0.5) is 13.2 Å². The van der Waals surface area contributed by atoms with Crippen LogP contribution in [0.2, 0.25) is 0 Å². The van der Waals surface area contributed by atoms with Crippen LogP contribution in [0.3, 0.4) is 0 Å². The smallest absolute Gasteiger partial charge is 0.286 e. The average molecular weight is 231 g/mol. The molecule has 0 unspecified atom stereocenters. The van der Waals surface area contributed by atoms with Gasteiger partial charge >= 0.3 is 6.18 Å². The zero-order chi connectivity index (χ0) is 11.8. The fraction of sp³-hybridized carbons (Fsp3) is 0.455. The lowest BCUT2D eigenvalue weighted by molar-refractivity contribution is -0.261. The van der Waals surface area contributed by atoms with E-state index in [0.717, 1.165) is 5.56 Å². The molecule has 0 aromatic heterocycles. The SMILES string of the molecule is CN1O[C@H](C(F)(F)F)C[C@@H]1c1ccccc1. The molecule has 0 bridgehead atoms. The number of rotatable bonds is 1. The highest BCUT2D eigenvalue weighted by Gasteiger charge is 2.48. The van der Waals surface area contributed by atoms with Gasteiger partial charge < -0.3 is 0 Å². The van der Waals surface area contributed by atoms with Gasteiger partial charge in [-0.25, -0.2) is 0 Å². The normalized spacial score (nSPS) is 27.2. The maximum Gasteiger partial charge on any atom is 0.416 e. The molecule has 1 fully saturated rings. The molecule has 88 valence electrons. The highest BCUT2D eigenvalue weighted by atomic mass is 19.4. The van der Waals surface area contributed by atoms with E-state index >= 15 is 0 Å². The number of hydrogen-bond donors (Lipinski definition) is 0. The van der Waals surface area contributed by atoms with Crippen LogP contribution in [0, 0.1) is 0 Å². The van der Waals surface area contributed by atoms with Gasteiger partial charge in [0.25, 0.3) is 0 Å². The van der Waals surface area contributed by atoms with Crippen LogP contribution in [0.25, 0.3) is 0 Å². The van der Waals surface area contributed by atoms with E-state index in [4.69, 9.17) is 4.84 Å². The number of hydrogen-bond acceptors (Lipinski definition) is 2. The van der Waals surface area contributed by atoms with Crippen molar-refractivity contribution < 1.29 is 18.0 Å². The molecule has 1 aromatic carbocycles. The topological polar surface area (TPSA) is 12.5 Å². The van der Waals surface area contributed by atoms with Crippen molar-refractivity contribution in [2.24, 2.45) is 0 Å². The van der Waals surface area contributed by atoms with Gasteiger partial charge in [0.15, 0.2) is 6.10 Å². The second kappa shape index (κ2) is 4.07. The second-order valence-electron chi connectivity index (χ2n) is 3.84. The Kier molecular flexibility index (Phi) is 2.90. The van der Waals surface area contributed by atoms with Crippen molar-refractivity contribution in [2.75, 3.05) is 7.05 Å². The molecule has 1 heterocycles. The first-order valence-electron chi connectivity index (χ1n) is 5.00. The fourth-order valence-corrected chi connectivity index (χ4v) is 1.88. The molecule has 1 aromatic rings. The second-order valence-corrected chi connectivity index (χ2v) is 3.84. The van der Waals surface area contributed by atoms with E-state index in [1.807, 2.05) is 30.3 Å². The zero-order valence-electron chi connectivity index (χ0n) is 8.74. The summed E-state index contributed by atoms with van der Waals surface area (Å²) < 4.78 is 37.4. The molecule has 0 spiro atoms. The molecule has 2 nitrogen and oxygen atoms in total. The summed E-state index contributed by atoms with van der Waals surface area (Å²) in [6.07, 6.45) is -6.04. The summed E-state index contributed by atoms with van der Waals surface area (Å²) in [7, 11) is 1.53. The molecule has 1 aliphatic heterocycles. The van der Waals surface area contributed by atoms with E-state index < -0.39 is 12.3 Å². The maximum atomic E-state index is 12.5. The molecule has 1 saturated heterocycles. The summed E-state index contributed by atoms with van der Waals surface area (Å²) in [6, 6.07) is 8.74. The van der Waals surface area contributed by atoms with Gasteiger partial charge in [0, 0.05) is 13.5 Å². The first kappa shape index (κ1) is 11.4. The minimum absolute atomic E-state index is 0.0516. The first-order valence-corrected chi connectivity index (χ1v) is 5.00. The Morgan fingerprint density at radius 1 is 1.25 bits per heavy atom. The lowest BCUT2D eigenvalue weighted by atomic mass is 10.0. The Labute approximate surface area is 91.6 Å². The lowest BCUT2D eigenvalue weighted by Crippen LogP contribution is -2.29. The van der Waals surface area contributed by atoms with Crippen LogP contribution in [0.15, 0.2) is 30.3 Å². The quantitative estimate of drug-likeness (QED) is 0.736. The molecule has 5 heteroatoms. The summed E-state index contributed by atoms with van der Waals surface area (Å²) in [5.41, 5.74) is 0.844. The van der Waals surface area contributed by atoms with Crippen molar-refractivity contribution in [3.8, 4) is 0 Å². The third kappa shape index (κ3) is 2.20. The van der Waals surface area contributed by atoms with Gasteiger partial charge in [0.2, 0.25) is 0 Å². The molecule has 1 aliphatic rings. The Balaban J connectivity index is 2.15. The van der Waals surface area contributed by atoms with Gasteiger partial charge in [-0.05, 0) is 5.56 Å². The van der Waals surface area contributed by atoms with E-state index in [-0.39, 0.29) is 12.5 Å². The Morgan fingerprint density at radius 3 is 2.38 bits per heavy atom. The van der Waals surface area contributed by atoms with Crippen LogP contribution in [0.5, 0.6) is 0 Å². The Bertz CT molecular complexity index is 352. The number of benzene rings is 1. The van der Waals surface area contributed by atoms with Crippen molar-refractivity contribution in [3.05, 3.63) is 35.9 Å². The minimum atomic E-state index is -4.29. The number of halogens is 3. The molecule has 16 heavy (non-hydrogen) atoms. The van der Waals surface area contributed by atoms with Crippen molar-refractivity contribution in [1.82, 2.24) is 5.06 Å². The third-order valence-corrected chi connectivity index (χ3v) is 2.72. The molecular formula is C11H12F3NO. The zero-order valence-corrected chi connectivity index (χ0v) is 8.74. The van der Waals surface area contributed by atoms with E-state index in [0.29, 0.717) is 0 Å². The number of alkyl halides is 3. The monoisotopic (exact) mass is 231 g/mol. The van der Waals surface area contributed by atoms with E-state index in [1.165, 1.54) is 12.1 Å². The summed E-state index contributed by atoms with van der Waals surface area (Å²) in [5, 5.41) is 1.29. The van der Waals surface area contributed by atoms with Gasteiger partial charge in [0.05, 0.1) is 6.04 Å². The highest BCUT2D eigenvalue weighted by Crippen LogP contribution is 2.39. The van der Waals surface area contributed by atoms with E-state index in [2.05, 4.69) is 0 Å². The minimum Gasteiger partial charge on any atom is -0.286 e. The Morgan fingerprint density at radius 2 is 1.88 bits per heavy atom. The lowest BCUT2D eigenvalue weighted by Gasteiger charge is -2.17. The summed E-state index contributed by atoms with van der Waals surface area (Å²) >= 11 is 0. The van der Waals surface area contributed by atoms with Crippen molar-refractivity contribution in [2.45, 2.75) is 24.7 Å². The number of hydroxylamine groups is 2. The highest BCUT2D eigenvalue weighted by molar-refractivity contribution is 5.19. The summed E-state index contributed by atoms with van der Waals surface area (Å²) in [4.78, 5) is 4.80. The maximum absolute atomic E-state index is 12.5. The largest absolute Gasteiger partial charge is 0.416 e. The Hall–Kier alpha value is -1.07. The summed E-state index contributed by atoms with van der Waals surface area (Å²) in [6.45, 7) is 0. The van der Waals surface area contributed by atoms with Crippen molar-refractivity contribution in [3.63, 3.8) is 0 Å². The van der Waals surface area contributed by atoms with Crippen LogP contribution in [-0.4, -0.2) is 24.4 Å². The van der Waals surface area contributed by atoms with Gasteiger partial charge in [-0.3, -0.25) is 4.84 Å². The average Bonchev–Trinajstić information content (AvgIpc) is 2.61. The fourth-order valence-electron chi connectivity index (χ4n) is 1.88. The molecule has 0 radical (unpaired) electrons. The third-order valence-electron chi connectivity index (χ3n) is 2.72. The predicted molar refractivity (Wildman–Crippen MR) is 52.5 cm³/mol. The predicted octanol–water partition coefficient (Wildman–Crippen LogP) is 2.93. The molecular weight excluding hydrogens is 219 g/mol. The molecule has 0 amide bonds. The molecule has 0 N–H and O–H groups in total. The number of nitrogens with zero attached hydrogens (tertiary/aromatic N) is 1. The van der Waals surface area contributed by atoms with E-state index in [9.17, 15) is 13.2 Å².